The molecule has 6 heteroatoms. The standard InChI is InChI=1S/C18H17N3OS2/c22-17(7-11-24-15-4-2-1-3-5-15)21-12-16-18(20-9-8-19-16)14-6-10-23-13-14/h1-6,8-10,13H,7,11-12H2,(H,21,22). The number of hydrogen-bond donors (Lipinski definition) is 1. The van der Waals surface area contributed by atoms with Crippen molar-refractivity contribution in [1.82, 2.24) is 15.3 Å². The first-order chi connectivity index (χ1) is 11.8. The monoisotopic (exact) mass is 355 g/mol. The fourth-order valence-electron chi connectivity index (χ4n) is 2.19. The summed E-state index contributed by atoms with van der Waals surface area (Å²) in [6.45, 7) is 0.397. The topological polar surface area (TPSA) is 54.9 Å². The molecule has 2 heterocycles. The summed E-state index contributed by atoms with van der Waals surface area (Å²) in [6.07, 6.45) is 3.81. The van der Waals surface area contributed by atoms with Gasteiger partial charge in [-0.25, -0.2) is 0 Å². The Bertz CT molecular complexity index is 776. The van der Waals surface area contributed by atoms with Crippen molar-refractivity contribution in [2.45, 2.75) is 17.9 Å². The molecule has 2 aromatic heterocycles. The molecule has 0 aliphatic rings. The molecule has 3 aromatic rings. The summed E-state index contributed by atoms with van der Waals surface area (Å²) in [7, 11) is 0. The molecule has 0 fully saturated rings. The fraction of sp³-hybridized carbons (Fsp3) is 0.167. The van der Waals surface area contributed by atoms with Crippen molar-refractivity contribution in [2.75, 3.05) is 5.75 Å². The Kier molecular flexibility index (Phi) is 5.98. The molecule has 0 spiro atoms. The van der Waals surface area contributed by atoms with Crippen LogP contribution in [0.4, 0.5) is 0 Å². The number of amides is 1. The van der Waals surface area contributed by atoms with Crippen LogP contribution in [0.5, 0.6) is 0 Å². The van der Waals surface area contributed by atoms with Gasteiger partial charge in [-0.3, -0.25) is 14.8 Å². The van der Waals surface area contributed by atoms with Gasteiger partial charge in [-0.2, -0.15) is 11.3 Å². The van der Waals surface area contributed by atoms with E-state index in [0.29, 0.717) is 13.0 Å². The van der Waals surface area contributed by atoms with Gasteiger partial charge >= 0.3 is 0 Å². The van der Waals surface area contributed by atoms with Crippen molar-refractivity contribution in [3.63, 3.8) is 0 Å². The lowest BCUT2D eigenvalue weighted by molar-refractivity contribution is -0.120. The van der Waals surface area contributed by atoms with Gasteiger partial charge in [0, 0.05) is 40.4 Å². The summed E-state index contributed by atoms with van der Waals surface area (Å²) >= 11 is 3.30. The van der Waals surface area contributed by atoms with Crippen LogP contribution in [0.1, 0.15) is 12.1 Å². The van der Waals surface area contributed by atoms with Crippen LogP contribution >= 0.6 is 23.1 Å². The lowest BCUT2D eigenvalue weighted by atomic mass is 10.2. The zero-order valence-electron chi connectivity index (χ0n) is 13.0. The summed E-state index contributed by atoms with van der Waals surface area (Å²) in [5, 5.41) is 6.98. The highest BCUT2D eigenvalue weighted by molar-refractivity contribution is 7.99. The number of nitrogens with zero attached hydrogens (tertiary/aromatic N) is 2. The number of hydrogen-bond acceptors (Lipinski definition) is 5. The van der Waals surface area contributed by atoms with Crippen molar-refractivity contribution >= 4 is 29.0 Å². The van der Waals surface area contributed by atoms with Crippen LogP contribution in [0.15, 0.2) is 64.4 Å². The summed E-state index contributed by atoms with van der Waals surface area (Å²) in [4.78, 5) is 22.0. The first-order valence-corrected chi connectivity index (χ1v) is 9.53. The SMILES string of the molecule is O=C(CCSc1ccccc1)NCc1nccnc1-c1ccsc1. The summed E-state index contributed by atoms with van der Waals surface area (Å²) in [5.41, 5.74) is 2.66. The molecular formula is C18H17N3OS2. The predicted molar refractivity (Wildman–Crippen MR) is 99.0 cm³/mol. The summed E-state index contributed by atoms with van der Waals surface area (Å²) < 4.78 is 0. The van der Waals surface area contributed by atoms with Gasteiger partial charge in [0.25, 0.3) is 0 Å². The molecule has 4 nitrogen and oxygen atoms in total. The van der Waals surface area contributed by atoms with Crippen LogP contribution in [0.25, 0.3) is 11.3 Å². The number of carbonyl (C=O) groups is 1. The van der Waals surface area contributed by atoms with E-state index in [0.717, 1.165) is 22.7 Å². The Hall–Kier alpha value is -2.18. The number of thioether (sulfide) groups is 1. The van der Waals surface area contributed by atoms with E-state index in [-0.39, 0.29) is 5.91 Å². The molecule has 24 heavy (non-hydrogen) atoms. The van der Waals surface area contributed by atoms with E-state index < -0.39 is 0 Å². The molecule has 1 N–H and O–H groups in total. The Labute approximate surface area is 149 Å². The average Bonchev–Trinajstić information content (AvgIpc) is 3.16. The highest BCUT2D eigenvalue weighted by Crippen LogP contribution is 2.22. The van der Waals surface area contributed by atoms with Crippen molar-refractivity contribution in [1.29, 1.82) is 0 Å². The Morgan fingerprint density at radius 2 is 1.96 bits per heavy atom. The quantitative estimate of drug-likeness (QED) is 0.651. The van der Waals surface area contributed by atoms with Gasteiger partial charge in [0.2, 0.25) is 5.91 Å². The maximum Gasteiger partial charge on any atom is 0.221 e. The first-order valence-electron chi connectivity index (χ1n) is 7.60. The second-order valence-corrected chi connectivity index (χ2v) is 7.00. The van der Waals surface area contributed by atoms with Crippen LogP contribution < -0.4 is 5.32 Å². The first kappa shape index (κ1) is 16.7. The molecule has 0 radical (unpaired) electrons. The lowest BCUT2D eigenvalue weighted by Gasteiger charge is -2.08. The minimum Gasteiger partial charge on any atom is -0.350 e. The third kappa shape index (κ3) is 4.66. The van der Waals surface area contributed by atoms with E-state index in [1.165, 1.54) is 4.90 Å². The maximum absolute atomic E-state index is 12.0. The van der Waals surface area contributed by atoms with E-state index in [1.807, 2.05) is 35.0 Å². The van der Waals surface area contributed by atoms with Gasteiger partial charge in [0.05, 0.1) is 17.9 Å². The zero-order chi connectivity index (χ0) is 16.6. The Morgan fingerprint density at radius 3 is 2.75 bits per heavy atom. The van der Waals surface area contributed by atoms with Crippen LogP contribution in [0, 0.1) is 0 Å². The van der Waals surface area contributed by atoms with Gasteiger partial charge in [-0.1, -0.05) is 18.2 Å². The summed E-state index contributed by atoms with van der Waals surface area (Å²) in [5.74, 6) is 0.786. The van der Waals surface area contributed by atoms with E-state index in [9.17, 15) is 4.79 Å². The number of benzene rings is 1. The number of thiophene rings is 1. The Morgan fingerprint density at radius 1 is 1.12 bits per heavy atom. The van der Waals surface area contributed by atoms with Crippen molar-refractivity contribution in [3.05, 3.63) is 65.2 Å². The van der Waals surface area contributed by atoms with Crippen molar-refractivity contribution < 1.29 is 4.79 Å². The highest BCUT2D eigenvalue weighted by atomic mass is 32.2. The predicted octanol–water partition coefficient (Wildman–Crippen LogP) is 4.00. The Balaban J connectivity index is 1.50. The largest absolute Gasteiger partial charge is 0.350 e. The van der Waals surface area contributed by atoms with Gasteiger partial charge in [0.15, 0.2) is 0 Å². The molecule has 1 amide bonds. The molecule has 0 aliphatic heterocycles. The second kappa shape index (κ2) is 8.61. The molecule has 0 bridgehead atoms. The molecule has 3 rings (SSSR count). The van der Waals surface area contributed by atoms with Gasteiger partial charge in [-0.05, 0) is 23.6 Å². The van der Waals surface area contributed by atoms with Gasteiger partial charge in [-0.15, -0.1) is 11.8 Å². The van der Waals surface area contributed by atoms with Crippen LogP contribution in [-0.4, -0.2) is 21.6 Å². The smallest absolute Gasteiger partial charge is 0.221 e. The number of carbonyl (C=O) groups excluding carboxylic acids is 1. The molecule has 0 saturated carbocycles. The van der Waals surface area contributed by atoms with E-state index in [1.54, 1.807) is 35.5 Å². The fourth-order valence-corrected chi connectivity index (χ4v) is 3.70. The minimum absolute atomic E-state index is 0.0281. The van der Waals surface area contributed by atoms with E-state index in [2.05, 4.69) is 27.4 Å². The zero-order valence-corrected chi connectivity index (χ0v) is 14.6. The van der Waals surface area contributed by atoms with E-state index in [4.69, 9.17) is 0 Å². The van der Waals surface area contributed by atoms with Gasteiger partial charge < -0.3 is 5.32 Å². The van der Waals surface area contributed by atoms with Gasteiger partial charge in [0.1, 0.15) is 0 Å². The normalized spacial score (nSPS) is 10.5. The van der Waals surface area contributed by atoms with Crippen LogP contribution in [-0.2, 0) is 11.3 Å². The lowest BCUT2D eigenvalue weighted by Crippen LogP contribution is -2.24. The highest BCUT2D eigenvalue weighted by Gasteiger charge is 2.09. The molecule has 0 unspecified atom stereocenters. The minimum atomic E-state index is 0.0281. The second-order valence-electron chi connectivity index (χ2n) is 5.05. The van der Waals surface area contributed by atoms with Crippen molar-refractivity contribution in [2.24, 2.45) is 0 Å². The third-order valence-electron chi connectivity index (χ3n) is 3.36. The molecule has 0 saturated heterocycles. The van der Waals surface area contributed by atoms with E-state index >= 15 is 0 Å². The average molecular weight is 355 g/mol. The molecule has 1 aromatic carbocycles. The maximum atomic E-state index is 12.0. The number of rotatable bonds is 7. The van der Waals surface area contributed by atoms with Crippen LogP contribution in [0.3, 0.4) is 0 Å². The third-order valence-corrected chi connectivity index (χ3v) is 5.06. The molecule has 122 valence electrons. The molecular weight excluding hydrogens is 338 g/mol. The van der Waals surface area contributed by atoms with Crippen LogP contribution in [0.2, 0.25) is 0 Å². The number of nitrogens with one attached hydrogen (secondary N) is 1. The molecule has 0 aliphatic carbocycles. The number of aromatic nitrogens is 2. The van der Waals surface area contributed by atoms with Crippen molar-refractivity contribution in [3.8, 4) is 11.3 Å². The molecule has 0 atom stereocenters. The summed E-state index contributed by atoms with van der Waals surface area (Å²) in [6, 6.07) is 12.1.